The lowest BCUT2D eigenvalue weighted by molar-refractivity contribution is 0.182. The molecule has 0 saturated carbocycles. The number of hydrogen-bond acceptors (Lipinski definition) is 4. The molecule has 0 aliphatic carbocycles. The van der Waals surface area contributed by atoms with E-state index in [1.54, 1.807) is 0 Å². The third-order valence-electron chi connectivity index (χ3n) is 5.04. The van der Waals surface area contributed by atoms with Crippen molar-refractivity contribution in [2.24, 2.45) is 0 Å². The Morgan fingerprint density at radius 3 is 2.88 bits per heavy atom. The summed E-state index contributed by atoms with van der Waals surface area (Å²) in [6, 6.07) is 9.29. The van der Waals surface area contributed by atoms with Gasteiger partial charge in [0.1, 0.15) is 0 Å². The Balaban J connectivity index is 1.69. The number of benzene rings is 1. The number of rotatable bonds is 7. The van der Waals surface area contributed by atoms with Crippen LogP contribution >= 0.6 is 11.8 Å². The van der Waals surface area contributed by atoms with Crippen molar-refractivity contribution >= 4 is 11.8 Å². The molecule has 0 radical (unpaired) electrons. The van der Waals surface area contributed by atoms with Crippen LogP contribution in [0.15, 0.2) is 29.4 Å². The molecule has 1 saturated heterocycles. The lowest BCUT2D eigenvalue weighted by Crippen LogP contribution is -2.36. The molecule has 136 valence electrons. The van der Waals surface area contributed by atoms with Gasteiger partial charge in [0.2, 0.25) is 0 Å². The van der Waals surface area contributed by atoms with Gasteiger partial charge in [0, 0.05) is 23.9 Å². The molecule has 1 fully saturated rings. The van der Waals surface area contributed by atoms with Crippen LogP contribution in [0, 0.1) is 6.92 Å². The fraction of sp³-hybridized carbons (Fsp3) is 0.600. The number of aryl methyl sites for hydroxylation is 1. The van der Waals surface area contributed by atoms with E-state index in [-0.39, 0.29) is 0 Å². The van der Waals surface area contributed by atoms with Crippen LogP contribution in [0.5, 0.6) is 0 Å². The first-order valence-electron chi connectivity index (χ1n) is 9.52. The highest BCUT2D eigenvalue weighted by Gasteiger charge is 2.19. The van der Waals surface area contributed by atoms with Crippen molar-refractivity contribution in [2.45, 2.75) is 63.7 Å². The Morgan fingerprint density at radius 2 is 2.12 bits per heavy atom. The molecule has 1 aromatic heterocycles. The second-order valence-electron chi connectivity index (χ2n) is 7.09. The minimum absolute atomic E-state index is 0.736. The van der Waals surface area contributed by atoms with Gasteiger partial charge in [0.15, 0.2) is 11.0 Å². The maximum Gasteiger partial charge on any atom is 0.191 e. The maximum absolute atomic E-state index is 4.51. The third kappa shape index (κ3) is 4.64. The predicted octanol–water partition coefficient (Wildman–Crippen LogP) is 4.63. The summed E-state index contributed by atoms with van der Waals surface area (Å²) in [6.07, 6.45) is 6.40. The highest BCUT2D eigenvalue weighted by Crippen LogP contribution is 2.27. The van der Waals surface area contributed by atoms with E-state index in [4.69, 9.17) is 0 Å². The Bertz CT molecular complexity index is 682. The van der Waals surface area contributed by atoms with Crippen LogP contribution in [0.2, 0.25) is 0 Å². The van der Waals surface area contributed by atoms with E-state index in [0.29, 0.717) is 0 Å². The average Bonchev–Trinajstić information content (AvgIpc) is 3.00. The maximum atomic E-state index is 4.51. The van der Waals surface area contributed by atoms with Crippen LogP contribution in [0.25, 0.3) is 11.4 Å². The summed E-state index contributed by atoms with van der Waals surface area (Å²) in [5, 5.41) is 10.1. The molecule has 1 aromatic carbocycles. The number of thioether (sulfide) groups is 1. The Kier molecular flexibility index (Phi) is 6.54. The van der Waals surface area contributed by atoms with Crippen LogP contribution in [0.4, 0.5) is 0 Å². The summed E-state index contributed by atoms with van der Waals surface area (Å²) in [6.45, 7) is 6.56. The highest BCUT2D eigenvalue weighted by atomic mass is 32.2. The van der Waals surface area contributed by atoms with Gasteiger partial charge in [-0.2, -0.15) is 0 Å². The summed E-state index contributed by atoms with van der Waals surface area (Å²) < 4.78 is 2.30. The van der Waals surface area contributed by atoms with E-state index >= 15 is 0 Å². The Hall–Kier alpha value is -1.33. The van der Waals surface area contributed by atoms with Crippen molar-refractivity contribution in [3.63, 3.8) is 0 Å². The van der Waals surface area contributed by atoms with Gasteiger partial charge in [-0.05, 0) is 52.3 Å². The van der Waals surface area contributed by atoms with Crippen LogP contribution in [-0.4, -0.2) is 45.1 Å². The molecule has 2 heterocycles. The molecule has 1 aliphatic rings. The molecule has 5 heteroatoms. The van der Waals surface area contributed by atoms with Crippen LogP contribution in [0.3, 0.4) is 0 Å². The fourth-order valence-electron chi connectivity index (χ4n) is 3.61. The number of piperidine rings is 1. The van der Waals surface area contributed by atoms with Gasteiger partial charge in [-0.15, -0.1) is 10.2 Å². The van der Waals surface area contributed by atoms with Crippen molar-refractivity contribution in [1.29, 1.82) is 0 Å². The van der Waals surface area contributed by atoms with E-state index < -0.39 is 0 Å². The summed E-state index contributed by atoms with van der Waals surface area (Å²) >= 11 is 1.87. The van der Waals surface area contributed by atoms with E-state index in [1.807, 2.05) is 11.8 Å². The molecule has 0 N–H and O–H groups in total. The topological polar surface area (TPSA) is 34.0 Å². The first kappa shape index (κ1) is 18.5. The van der Waals surface area contributed by atoms with E-state index in [0.717, 1.165) is 35.7 Å². The van der Waals surface area contributed by atoms with Crippen molar-refractivity contribution in [1.82, 2.24) is 19.7 Å². The van der Waals surface area contributed by atoms with Crippen molar-refractivity contribution in [2.75, 3.05) is 19.3 Å². The zero-order valence-electron chi connectivity index (χ0n) is 15.7. The van der Waals surface area contributed by atoms with Gasteiger partial charge < -0.3 is 9.47 Å². The second-order valence-corrected chi connectivity index (χ2v) is 8.16. The molecule has 0 bridgehead atoms. The van der Waals surface area contributed by atoms with Crippen molar-refractivity contribution < 1.29 is 0 Å². The van der Waals surface area contributed by atoms with E-state index in [2.05, 4.69) is 64.8 Å². The van der Waals surface area contributed by atoms with Crippen molar-refractivity contribution in [3.05, 3.63) is 29.8 Å². The number of hydrogen-bond donors (Lipinski definition) is 0. The Labute approximate surface area is 156 Å². The molecule has 0 amide bonds. The number of aromatic nitrogens is 3. The molecular weight excluding hydrogens is 328 g/mol. The average molecular weight is 359 g/mol. The standard InChI is InChI=1S/C20H30N4S/c1-4-12-24-19(17-9-7-8-16(2)15-17)21-22-20(24)25-14-11-18-10-5-6-13-23(18)3/h7-9,15,18H,4-6,10-14H2,1-3H3. The molecule has 0 spiro atoms. The summed E-state index contributed by atoms with van der Waals surface area (Å²) in [5.41, 5.74) is 2.43. The zero-order chi connectivity index (χ0) is 17.6. The lowest BCUT2D eigenvalue weighted by atomic mass is 10.0. The molecule has 1 atom stereocenters. The minimum Gasteiger partial charge on any atom is -0.303 e. The van der Waals surface area contributed by atoms with Crippen LogP contribution in [0.1, 0.15) is 44.6 Å². The largest absolute Gasteiger partial charge is 0.303 e. The lowest BCUT2D eigenvalue weighted by Gasteiger charge is -2.32. The monoisotopic (exact) mass is 358 g/mol. The van der Waals surface area contributed by atoms with E-state index in [1.165, 1.54) is 43.4 Å². The van der Waals surface area contributed by atoms with Crippen molar-refractivity contribution in [3.8, 4) is 11.4 Å². The minimum atomic E-state index is 0.736. The third-order valence-corrected chi connectivity index (χ3v) is 6.04. The highest BCUT2D eigenvalue weighted by molar-refractivity contribution is 7.99. The molecule has 1 unspecified atom stereocenters. The zero-order valence-corrected chi connectivity index (χ0v) is 16.6. The van der Waals surface area contributed by atoms with Gasteiger partial charge in [-0.3, -0.25) is 0 Å². The molecule has 1 aliphatic heterocycles. The van der Waals surface area contributed by atoms with Gasteiger partial charge in [0.25, 0.3) is 0 Å². The quantitative estimate of drug-likeness (QED) is 0.676. The van der Waals surface area contributed by atoms with Gasteiger partial charge >= 0.3 is 0 Å². The number of nitrogens with zero attached hydrogens (tertiary/aromatic N) is 4. The van der Waals surface area contributed by atoms with Crippen LogP contribution in [-0.2, 0) is 6.54 Å². The normalized spacial score (nSPS) is 18.6. The summed E-state index contributed by atoms with van der Waals surface area (Å²) in [5.74, 6) is 2.12. The van der Waals surface area contributed by atoms with Crippen LogP contribution < -0.4 is 0 Å². The number of likely N-dealkylation sites (tertiary alicyclic amines) is 1. The molecule has 3 rings (SSSR count). The second kappa shape index (κ2) is 8.86. The SMILES string of the molecule is CCCn1c(SCCC2CCCCN2C)nnc1-c1cccc(C)c1. The smallest absolute Gasteiger partial charge is 0.191 e. The molecular formula is C20H30N4S. The summed E-state index contributed by atoms with van der Waals surface area (Å²) in [7, 11) is 2.27. The first-order valence-corrected chi connectivity index (χ1v) is 10.5. The van der Waals surface area contributed by atoms with Gasteiger partial charge in [-0.25, -0.2) is 0 Å². The Morgan fingerprint density at radius 1 is 1.24 bits per heavy atom. The fourth-order valence-corrected chi connectivity index (χ4v) is 4.62. The predicted molar refractivity (Wildman–Crippen MR) is 106 cm³/mol. The van der Waals surface area contributed by atoms with Gasteiger partial charge in [-0.1, -0.05) is 48.9 Å². The molecule has 2 aromatic rings. The molecule has 4 nitrogen and oxygen atoms in total. The van der Waals surface area contributed by atoms with E-state index in [9.17, 15) is 0 Å². The molecule has 25 heavy (non-hydrogen) atoms. The van der Waals surface area contributed by atoms with Gasteiger partial charge in [0.05, 0.1) is 0 Å². The summed E-state index contributed by atoms with van der Waals surface area (Å²) in [4.78, 5) is 2.53. The first-order chi connectivity index (χ1) is 12.2.